The van der Waals surface area contributed by atoms with E-state index in [4.69, 9.17) is 0 Å². The summed E-state index contributed by atoms with van der Waals surface area (Å²) in [6.45, 7) is 2.21. The molecule has 0 aromatic heterocycles. The van der Waals surface area contributed by atoms with Crippen molar-refractivity contribution in [3.05, 3.63) is 58.6 Å². The van der Waals surface area contributed by atoms with E-state index in [0.717, 1.165) is 10.9 Å². The van der Waals surface area contributed by atoms with Crippen molar-refractivity contribution < 1.29 is 0 Å². The maximum absolute atomic E-state index is 3.54. The number of hydrogen-bond acceptors (Lipinski definition) is 2. The van der Waals surface area contributed by atoms with Crippen LogP contribution in [0, 0.1) is 0 Å². The summed E-state index contributed by atoms with van der Waals surface area (Å²) >= 11 is 5.23. The quantitative estimate of drug-likeness (QED) is 0.752. The normalized spacial score (nSPS) is 12.2. The molecule has 0 fully saturated rings. The molecule has 0 radical (unpaired) electrons. The molecule has 2 rings (SSSR count). The van der Waals surface area contributed by atoms with Gasteiger partial charge in [-0.05, 0) is 61.6 Å². The minimum atomic E-state index is 0.418. The minimum Gasteiger partial charge on any atom is -0.382 e. The molecule has 1 nitrogen and oxygen atoms in total. The summed E-state index contributed by atoms with van der Waals surface area (Å²) in [7, 11) is 0. The average Bonchev–Trinajstić information content (AvgIpc) is 2.42. The van der Waals surface area contributed by atoms with Crippen molar-refractivity contribution in [3.8, 4) is 0 Å². The molecule has 0 saturated heterocycles. The molecule has 19 heavy (non-hydrogen) atoms. The van der Waals surface area contributed by atoms with Crippen LogP contribution in [0.2, 0.25) is 0 Å². The number of thioether (sulfide) groups is 1. The van der Waals surface area contributed by atoms with E-state index >= 15 is 0 Å². The lowest BCUT2D eigenvalue weighted by Gasteiger charge is -2.15. The van der Waals surface area contributed by atoms with E-state index in [1.807, 2.05) is 0 Å². The van der Waals surface area contributed by atoms with E-state index in [1.165, 1.54) is 16.1 Å². The second-order valence-corrected chi connectivity index (χ2v) is 6.40. The lowest BCUT2D eigenvalue weighted by Crippen LogP contribution is -2.17. The highest BCUT2D eigenvalue weighted by Crippen LogP contribution is 2.19. The number of benzene rings is 2. The Hall–Kier alpha value is -0.930. The summed E-state index contributed by atoms with van der Waals surface area (Å²) in [5.41, 5.74) is 2.53. The number of nitrogens with one attached hydrogen (secondary N) is 1. The average molecular weight is 336 g/mol. The van der Waals surface area contributed by atoms with E-state index in [-0.39, 0.29) is 0 Å². The van der Waals surface area contributed by atoms with Gasteiger partial charge in [0.05, 0.1) is 0 Å². The van der Waals surface area contributed by atoms with Crippen LogP contribution in [-0.4, -0.2) is 12.3 Å². The number of halogens is 1. The summed E-state index contributed by atoms with van der Waals surface area (Å²) in [6, 6.07) is 17.5. The van der Waals surface area contributed by atoms with Crippen molar-refractivity contribution in [3.63, 3.8) is 0 Å². The highest BCUT2D eigenvalue weighted by atomic mass is 79.9. The topological polar surface area (TPSA) is 12.0 Å². The van der Waals surface area contributed by atoms with Gasteiger partial charge in [0.15, 0.2) is 0 Å². The summed E-state index contributed by atoms with van der Waals surface area (Å²) < 4.78 is 1.13. The maximum Gasteiger partial charge on any atom is 0.0343 e. The third-order valence-electron chi connectivity index (χ3n) is 2.96. The van der Waals surface area contributed by atoms with Crippen molar-refractivity contribution in [2.75, 3.05) is 11.6 Å². The van der Waals surface area contributed by atoms with Crippen molar-refractivity contribution in [2.45, 2.75) is 24.3 Å². The summed E-state index contributed by atoms with van der Waals surface area (Å²) in [6.07, 6.45) is 3.12. The Morgan fingerprint density at radius 2 is 1.68 bits per heavy atom. The van der Waals surface area contributed by atoms with Gasteiger partial charge in [-0.2, -0.15) is 0 Å². The van der Waals surface area contributed by atoms with E-state index in [1.54, 1.807) is 11.8 Å². The van der Waals surface area contributed by atoms with Gasteiger partial charge in [-0.1, -0.05) is 28.1 Å². The van der Waals surface area contributed by atoms with Crippen LogP contribution in [0.4, 0.5) is 5.69 Å². The molecule has 0 heterocycles. The Bertz CT molecular complexity index is 507. The van der Waals surface area contributed by atoms with Gasteiger partial charge in [-0.25, -0.2) is 0 Å². The Kier molecular flexibility index (Phi) is 5.34. The van der Waals surface area contributed by atoms with Gasteiger partial charge in [0.2, 0.25) is 0 Å². The fourth-order valence-electron chi connectivity index (χ4n) is 2.00. The second-order valence-electron chi connectivity index (χ2n) is 4.60. The highest BCUT2D eigenvalue weighted by Gasteiger charge is 2.03. The summed E-state index contributed by atoms with van der Waals surface area (Å²) in [5.74, 6) is 0. The van der Waals surface area contributed by atoms with Crippen LogP contribution in [0.15, 0.2) is 57.9 Å². The highest BCUT2D eigenvalue weighted by molar-refractivity contribution is 9.10. The van der Waals surface area contributed by atoms with Crippen LogP contribution in [0.3, 0.4) is 0 Å². The zero-order chi connectivity index (χ0) is 13.7. The fraction of sp³-hybridized carbons (Fsp3) is 0.250. The van der Waals surface area contributed by atoms with E-state index in [9.17, 15) is 0 Å². The van der Waals surface area contributed by atoms with Gasteiger partial charge in [0.25, 0.3) is 0 Å². The molecule has 0 amide bonds. The zero-order valence-corrected chi connectivity index (χ0v) is 13.6. The molecular formula is C16H18BrNS. The molecule has 0 aliphatic rings. The van der Waals surface area contributed by atoms with Crippen LogP contribution in [-0.2, 0) is 6.42 Å². The molecule has 2 aromatic carbocycles. The van der Waals surface area contributed by atoms with E-state index in [2.05, 4.69) is 83.0 Å². The molecule has 0 bridgehead atoms. The molecule has 3 heteroatoms. The largest absolute Gasteiger partial charge is 0.382 e. The number of rotatable bonds is 5. The Morgan fingerprint density at radius 3 is 2.26 bits per heavy atom. The predicted molar refractivity (Wildman–Crippen MR) is 89.2 cm³/mol. The standard InChI is InChI=1S/C16H18BrNS/c1-12(11-13-3-5-14(17)6-4-13)18-15-7-9-16(19-2)10-8-15/h3-10,12,18H,11H2,1-2H3. The van der Waals surface area contributed by atoms with Gasteiger partial charge in [0.1, 0.15) is 0 Å². The predicted octanol–water partition coefficient (Wildman–Crippen LogP) is 5.21. The Morgan fingerprint density at radius 1 is 1.05 bits per heavy atom. The van der Waals surface area contributed by atoms with Crippen molar-refractivity contribution in [2.24, 2.45) is 0 Å². The zero-order valence-electron chi connectivity index (χ0n) is 11.2. The monoisotopic (exact) mass is 335 g/mol. The molecule has 100 valence electrons. The van der Waals surface area contributed by atoms with Gasteiger partial charge >= 0.3 is 0 Å². The molecule has 1 unspecified atom stereocenters. The first-order valence-electron chi connectivity index (χ1n) is 6.32. The number of anilines is 1. The van der Waals surface area contributed by atoms with Crippen LogP contribution >= 0.6 is 27.7 Å². The smallest absolute Gasteiger partial charge is 0.0343 e. The van der Waals surface area contributed by atoms with Crippen LogP contribution in [0.5, 0.6) is 0 Å². The first-order chi connectivity index (χ1) is 9.17. The van der Waals surface area contributed by atoms with Gasteiger partial charge < -0.3 is 5.32 Å². The molecule has 0 saturated carbocycles. The van der Waals surface area contributed by atoms with Crippen molar-refractivity contribution >= 4 is 33.4 Å². The van der Waals surface area contributed by atoms with Crippen molar-refractivity contribution in [1.82, 2.24) is 0 Å². The summed E-state index contributed by atoms with van der Waals surface area (Å²) in [4.78, 5) is 1.30. The lowest BCUT2D eigenvalue weighted by molar-refractivity contribution is 0.790. The molecule has 0 aliphatic carbocycles. The van der Waals surface area contributed by atoms with Crippen molar-refractivity contribution in [1.29, 1.82) is 0 Å². The lowest BCUT2D eigenvalue weighted by atomic mass is 10.1. The SMILES string of the molecule is CSc1ccc(NC(C)Cc2ccc(Br)cc2)cc1. The van der Waals surface area contributed by atoms with Gasteiger partial charge in [-0.3, -0.25) is 0 Å². The first-order valence-corrected chi connectivity index (χ1v) is 8.34. The van der Waals surface area contributed by atoms with Gasteiger partial charge in [-0.15, -0.1) is 11.8 Å². The third-order valence-corrected chi connectivity index (χ3v) is 4.23. The summed E-state index contributed by atoms with van der Waals surface area (Å²) in [5, 5.41) is 3.54. The van der Waals surface area contributed by atoms with Crippen LogP contribution in [0.1, 0.15) is 12.5 Å². The number of hydrogen-bond donors (Lipinski definition) is 1. The van der Waals surface area contributed by atoms with Crippen LogP contribution in [0.25, 0.3) is 0 Å². The maximum atomic E-state index is 3.54. The fourth-order valence-corrected chi connectivity index (χ4v) is 2.67. The Labute approximate surface area is 127 Å². The van der Waals surface area contributed by atoms with E-state index < -0.39 is 0 Å². The molecule has 1 atom stereocenters. The van der Waals surface area contributed by atoms with Crippen LogP contribution < -0.4 is 5.32 Å². The van der Waals surface area contributed by atoms with E-state index in [0.29, 0.717) is 6.04 Å². The second kappa shape index (κ2) is 7.01. The van der Waals surface area contributed by atoms with Gasteiger partial charge in [0, 0.05) is 21.1 Å². The molecular weight excluding hydrogens is 318 g/mol. The molecule has 0 aliphatic heterocycles. The first kappa shape index (κ1) is 14.5. The minimum absolute atomic E-state index is 0.418. The molecule has 2 aromatic rings. The third kappa shape index (κ3) is 4.59. The Balaban J connectivity index is 1.92. The molecule has 0 spiro atoms. The molecule has 1 N–H and O–H groups in total.